The summed E-state index contributed by atoms with van der Waals surface area (Å²) in [5.41, 5.74) is 1.03. The Balaban J connectivity index is 1.78. The third kappa shape index (κ3) is 4.87. The number of rotatable bonds is 4. The molecule has 1 heterocycles. The van der Waals surface area contributed by atoms with E-state index in [9.17, 15) is 4.79 Å². The van der Waals surface area contributed by atoms with E-state index in [1.165, 1.54) is 12.8 Å². The molecule has 2 nitrogen and oxygen atoms in total. The van der Waals surface area contributed by atoms with Gasteiger partial charge >= 0.3 is 0 Å². The van der Waals surface area contributed by atoms with Gasteiger partial charge in [0, 0.05) is 28.9 Å². The molecule has 5 heteroatoms. The van der Waals surface area contributed by atoms with Gasteiger partial charge in [-0.1, -0.05) is 42.1 Å². The van der Waals surface area contributed by atoms with Crippen molar-refractivity contribution >= 4 is 40.9 Å². The van der Waals surface area contributed by atoms with Crippen LogP contribution >= 0.6 is 35.0 Å². The van der Waals surface area contributed by atoms with Crippen LogP contribution in [0.1, 0.15) is 31.2 Å². The molecule has 1 amide bonds. The standard InChI is InChI=1S/C15H19Cl2NOS/c16-13-6-5-12(14(17)9-13)10-20-11-15(19)18-7-3-1-2-4-8-18/h5-6,9H,1-4,7-8,10-11H2. The zero-order chi connectivity index (χ0) is 14.4. The highest BCUT2D eigenvalue weighted by atomic mass is 35.5. The van der Waals surface area contributed by atoms with Crippen LogP contribution in [0, 0.1) is 0 Å². The van der Waals surface area contributed by atoms with Gasteiger partial charge in [-0.25, -0.2) is 0 Å². The third-order valence-electron chi connectivity index (χ3n) is 3.46. The Morgan fingerprint density at radius 1 is 1.15 bits per heavy atom. The van der Waals surface area contributed by atoms with Crippen molar-refractivity contribution in [2.45, 2.75) is 31.4 Å². The third-order valence-corrected chi connectivity index (χ3v) is 5.01. The monoisotopic (exact) mass is 331 g/mol. The van der Waals surface area contributed by atoms with Gasteiger partial charge in [-0.15, -0.1) is 11.8 Å². The molecule has 1 aliphatic heterocycles. The average Bonchev–Trinajstić information content (AvgIpc) is 2.70. The maximum absolute atomic E-state index is 12.1. The van der Waals surface area contributed by atoms with Crippen molar-refractivity contribution in [1.82, 2.24) is 4.90 Å². The molecule has 2 rings (SSSR count). The SMILES string of the molecule is O=C(CSCc1ccc(Cl)cc1Cl)N1CCCCCC1. The molecular weight excluding hydrogens is 313 g/mol. The average molecular weight is 332 g/mol. The van der Waals surface area contributed by atoms with Crippen LogP contribution in [0.25, 0.3) is 0 Å². The number of carbonyl (C=O) groups excluding carboxylic acids is 1. The highest BCUT2D eigenvalue weighted by Crippen LogP contribution is 2.25. The first kappa shape index (κ1) is 16.0. The Morgan fingerprint density at radius 2 is 1.85 bits per heavy atom. The van der Waals surface area contributed by atoms with Gasteiger partial charge in [0.25, 0.3) is 0 Å². The van der Waals surface area contributed by atoms with Gasteiger partial charge in [0.1, 0.15) is 0 Å². The molecule has 0 radical (unpaired) electrons. The van der Waals surface area contributed by atoms with Crippen LogP contribution in [-0.2, 0) is 10.5 Å². The molecule has 1 aromatic carbocycles. The molecule has 20 heavy (non-hydrogen) atoms. The number of hydrogen-bond donors (Lipinski definition) is 0. The number of carbonyl (C=O) groups is 1. The van der Waals surface area contributed by atoms with Gasteiger partial charge < -0.3 is 4.90 Å². The zero-order valence-corrected chi connectivity index (χ0v) is 13.7. The fourth-order valence-corrected chi connectivity index (χ4v) is 3.78. The minimum Gasteiger partial charge on any atom is -0.342 e. The molecule has 0 aromatic heterocycles. The van der Waals surface area contributed by atoms with Crippen LogP contribution in [0.15, 0.2) is 18.2 Å². The van der Waals surface area contributed by atoms with Crippen molar-refractivity contribution < 1.29 is 4.79 Å². The second-order valence-corrected chi connectivity index (χ2v) is 6.85. The fourth-order valence-electron chi connectivity index (χ4n) is 2.30. The molecule has 0 spiro atoms. The second-order valence-electron chi connectivity index (χ2n) is 5.02. The lowest BCUT2D eigenvalue weighted by Gasteiger charge is -2.20. The van der Waals surface area contributed by atoms with Crippen molar-refractivity contribution in [1.29, 1.82) is 0 Å². The number of halogens is 2. The first-order valence-corrected chi connectivity index (χ1v) is 8.87. The van der Waals surface area contributed by atoms with Crippen LogP contribution in [0.4, 0.5) is 0 Å². The molecule has 0 saturated carbocycles. The number of likely N-dealkylation sites (tertiary alicyclic amines) is 1. The lowest BCUT2D eigenvalue weighted by molar-refractivity contribution is -0.128. The topological polar surface area (TPSA) is 20.3 Å². The van der Waals surface area contributed by atoms with Gasteiger partial charge in [-0.2, -0.15) is 0 Å². The molecule has 0 N–H and O–H groups in total. The summed E-state index contributed by atoms with van der Waals surface area (Å²) in [7, 11) is 0. The van der Waals surface area contributed by atoms with E-state index in [0.29, 0.717) is 15.8 Å². The van der Waals surface area contributed by atoms with Gasteiger partial charge in [-0.3, -0.25) is 4.79 Å². The first-order chi connectivity index (χ1) is 9.66. The quantitative estimate of drug-likeness (QED) is 0.801. The predicted molar refractivity (Wildman–Crippen MR) is 87.7 cm³/mol. The molecule has 1 aliphatic rings. The zero-order valence-electron chi connectivity index (χ0n) is 11.4. The highest BCUT2D eigenvalue weighted by Gasteiger charge is 2.15. The van der Waals surface area contributed by atoms with Crippen molar-refractivity contribution in [3.63, 3.8) is 0 Å². The number of benzene rings is 1. The lowest BCUT2D eigenvalue weighted by Crippen LogP contribution is -2.33. The summed E-state index contributed by atoms with van der Waals surface area (Å²) in [5, 5.41) is 1.32. The van der Waals surface area contributed by atoms with Crippen LogP contribution in [0.5, 0.6) is 0 Å². The lowest BCUT2D eigenvalue weighted by atomic mass is 10.2. The molecule has 0 atom stereocenters. The smallest absolute Gasteiger partial charge is 0.232 e. The van der Waals surface area contributed by atoms with Crippen LogP contribution in [0.2, 0.25) is 10.0 Å². The Morgan fingerprint density at radius 3 is 2.50 bits per heavy atom. The van der Waals surface area contributed by atoms with Crippen molar-refractivity contribution in [2.24, 2.45) is 0 Å². The van der Waals surface area contributed by atoms with Gasteiger partial charge in [0.2, 0.25) is 5.91 Å². The van der Waals surface area contributed by atoms with Crippen molar-refractivity contribution in [3.8, 4) is 0 Å². The van der Waals surface area contributed by atoms with E-state index in [2.05, 4.69) is 0 Å². The van der Waals surface area contributed by atoms with E-state index < -0.39 is 0 Å². The van der Waals surface area contributed by atoms with Crippen LogP contribution < -0.4 is 0 Å². The van der Waals surface area contributed by atoms with E-state index in [1.807, 2.05) is 17.0 Å². The Labute approximate surface area is 134 Å². The van der Waals surface area contributed by atoms with Gasteiger partial charge in [-0.05, 0) is 30.5 Å². The molecule has 1 saturated heterocycles. The summed E-state index contributed by atoms with van der Waals surface area (Å²) in [5.74, 6) is 1.52. The van der Waals surface area contributed by atoms with E-state index in [1.54, 1.807) is 17.8 Å². The summed E-state index contributed by atoms with van der Waals surface area (Å²) >= 11 is 13.6. The van der Waals surface area contributed by atoms with E-state index in [4.69, 9.17) is 23.2 Å². The maximum atomic E-state index is 12.1. The summed E-state index contributed by atoms with van der Waals surface area (Å²) in [4.78, 5) is 14.1. The molecule has 110 valence electrons. The summed E-state index contributed by atoms with van der Waals surface area (Å²) in [6.45, 7) is 1.84. The van der Waals surface area contributed by atoms with E-state index >= 15 is 0 Å². The Kier molecular flexibility index (Phi) is 6.53. The molecule has 0 bridgehead atoms. The summed E-state index contributed by atoms with van der Waals surface area (Å²) < 4.78 is 0. The van der Waals surface area contributed by atoms with E-state index in [-0.39, 0.29) is 5.91 Å². The normalized spacial score (nSPS) is 16.0. The Bertz CT molecular complexity index is 459. The highest BCUT2D eigenvalue weighted by molar-refractivity contribution is 7.99. The van der Waals surface area contributed by atoms with Crippen LogP contribution in [-0.4, -0.2) is 29.6 Å². The predicted octanol–water partition coefficient (Wildman–Crippen LogP) is 4.63. The molecule has 0 unspecified atom stereocenters. The van der Waals surface area contributed by atoms with Crippen LogP contribution in [0.3, 0.4) is 0 Å². The van der Waals surface area contributed by atoms with Crippen molar-refractivity contribution in [2.75, 3.05) is 18.8 Å². The molecule has 1 aromatic rings. The largest absolute Gasteiger partial charge is 0.342 e. The number of hydrogen-bond acceptors (Lipinski definition) is 2. The van der Waals surface area contributed by atoms with Crippen molar-refractivity contribution in [3.05, 3.63) is 33.8 Å². The number of amides is 1. The number of thioether (sulfide) groups is 1. The van der Waals surface area contributed by atoms with Gasteiger partial charge in [0.05, 0.1) is 5.75 Å². The maximum Gasteiger partial charge on any atom is 0.232 e. The van der Waals surface area contributed by atoms with Gasteiger partial charge in [0.15, 0.2) is 0 Å². The first-order valence-electron chi connectivity index (χ1n) is 6.96. The summed E-state index contributed by atoms with van der Waals surface area (Å²) in [6, 6.07) is 5.50. The second kappa shape index (κ2) is 8.16. The Hall–Kier alpha value is -0.380. The minimum absolute atomic E-state index is 0.252. The summed E-state index contributed by atoms with van der Waals surface area (Å²) in [6.07, 6.45) is 4.77. The molecule has 0 aliphatic carbocycles. The fraction of sp³-hybridized carbons (Fsp3) is 0.533. The van der Waals surface area contributed by atoms with E-state index in [0.717, 1.165) is 37.2 Å². The number of nitrogens with zero attached hydrogens (tertiary/aromatic N) is 1. The molecule has 1 fully saturated rings. The molecular formula is C15H19Cl2NOS. The minimum atomic E-state index is 0.252.